The van der Waals surface area contributed by atoms with Crippen LogP contribution in [0.1, 0.15) is 39.0 Å². The van der Waals surface area contributed by atoms with Gasteiger partial charge in [-0.1, -0.05) is 6.42 Å². The molecule has 14 heavy (non-hydrogen) atoms. The topological polar surface area (TPSA) is 32.3 Å². The molecule has 2 rings (SSSR count). The fourth-order valence-corrected chi connectivity index (χ4v) is 1.97. The van der Waals surface area contributed by atoms with Gasteiger partial charge in [-0.15, -0.1) is 0 Å². The molecule has 1 N–H and O–H groups in total. The fourth-order valence-electron chi connectivity index (χ4n) is 1.97. The molecule has 0 heterocycles. The molecule has 0 aromatic carbocycles. The molecule has 2 saturated carbocycles. The molecule has 80 valence electrons. The van der Waals surface area contributed by atoms with E-state index in [1.165, 1.54) is 32.1 Å². The number of nitrogens with one attached hydrogen (secondary N) is 1. The normalized spacial score (nSPS) is 21.8. The van der Waals surface area contributed by atoms with Crippen molar-refractivity contribution in [1.29, 1.82) is 0 Å². The van der Waals surface area contributed by atoms with E-state index in [4.69, 9.17) is 0 Å². The number of carbonyl (C=O) groups excluding carboxylic acids is 1. The lowest BCUT2D eigenvalue weighted by Crippen LogP contribution is -2.44. The van der Waals surface area contributed by atoms with Gasteiger partial charge in [-0.3, -0.25) is 4.79 Å². The summed E-state index contributed by atoms with van der Waals surface area (Å²) in [6.07, 6.45) is 6.25. The number of amides is 1. The average Bonchev–Trinajstić information content (AvgIpc) is 2.87. The highest BCUT2D eigenvalue weighted by molar-refractivity contribution is 5.78. The smallest absolute Gasteiger partial charge is 0.236 e. The number of hydrogen-bond donors (Lipinski definition) is 1. The van der Waals surface area contributed by atoms with Gasteiger partial charge in [0.25, 0.3) is 0 Å². The van der Waals surface area contributed by atoms with E-state index in [0.29, 0.717) is 24.5 Å². The van der Waals surface area contributed by atoms with Crippen LogP contribution in [0.15, 0.2) is 0 Å². The third-order valence-corrected chi connectivity index (χ3v) is 3.30. The second-order valence-electron chi connectivity index (χ2n) is 4.42. The maximum atomic E-state index is 11.8. The predicted octanol–water partition coefficient (Wildman–Crippen LogP) is 1.14. The van der Waals surface area contributed by atoms with Crippen LogP contribution in [-0.4, -0.2) is 36.0 Å². The molecule has 0 aromatic heterocycles. The zero-order valence-corrected chi connectivity index (χ0v) is 8.96. The fraction of sp³-hybridized carbons (Fsp3) is 0.909. The SMILES string of the molecule is CCN(C(=O)CNC1CCC1)C1CC1. The van der Waals surface area contributed by atoms with Crippen LogP contribution in [-0.2, 0) is 4.79 Å². The van der Waals surface area contributed by atoms with Crippen molar-refractivity contribution < 1.29 is 4.79 Å². The van der Waals surface area contributed by atoms with Gasteiger partial charge < -0.3 is 10.2 Å². The zero-order valence-electron chi connectivity index (χ0n) is 8.96. The van der Waals surface area contributed by atoms with E-state index in [1.54, 1.807) is 0 Å². The summed E-state index contributed by atoms with van der Waals surface area (Å²) in [6.45, 7) is 3.49. The molecule has 3 heteroatoms. The lowest BCUT2D eigenvalue weighted by atomic mass is 9.93. The molecule has 0 spiro atoms. The number of hydrogen-bond acceptors (Lipinski definition) is 2. The summed E-state index contributed by atoms with van der Waals surface area (Å²) in [7, 11) is 0. The molecule has 0 aromatic rings. The molecule has 0 aliphatic heterocycles. The van der Waals surface area contributed by atoms with Crippen molar-refractivity contribution in [3.05, 3.63) is 0 Å². The zero-order chi connectivity index (χ0) is 9.97. The van der Waals surface area contributed by atoms with Crippen LogP contribution in [0.3, 0.4) is 0 Å². The van der Waals surface area contributed by atoms with Crippen LogP contribution in [0.25, 0.3) is 0 Å². The second kappa shape index (κ2) is 4.30. The Morgan fingerprint density at radius 1 is 1.36 bits per heavy atom. The Balaban J connectivity index is 1.69. The monoisotopic (exact) mass is 196 g/mol. The van der Waals surface area contributed by atoms with Gasteiger partial charge in [-0.05, 0) is 32.6 Å². The molecule has 0 radical (unpaired) electrons. The van der Waals surface area contributed by atoms with Gasteiger partial charge in [-0.2, -0.15) is 0 Å². The van der Waals surface area contributed by atoms with E-state index in [9.17, 15) is 4.79 Å². The maximum Gasteiger partial charge on any atom is 0.236 e. The van der Waals surface area contributed by atoms with Crippen molar-refractivity contribution in [3.8, 4) is 0 Å². The Labute approximate surface area is 85.8 Å². The van der Waals surface area contributed by atoms with E-state index in [2.05, 4.69) is 12.2 Å². The first-order chi connectivity index (χ1) is 6.81. The van der Waals surface area contributed by atoms with Gasteiger partial charge in [-0.25, -0.2) is 0 Å². The lowest BCUT2D eigenvalue weighted by Gasteiger charge is -2.28. The minimum absolute atomic E-state index is 0.293. The number of likely N-dealkylation sites (N-methyl/N-ethyl adjacent to an activating group) is 1. The van der Waals surface area contributed by atoms with Crippen LogP contribution in [0.4, 0.5) is 0 Å². The Bertz CT molecular complexity index is 209. The highest BCUT2D eigenvalue weighted by Gasteiger charge is 2.31. The lowest BCUT2D eigenvalue weighted by molar-refractivity contribution is -0.130. The average molecular weight is 196 g/mol. The molecule has 1 amide bonds. The highest BCUT2D eigenvalue weighted by atomic mass is 16.2. The molecule has 0 atom stereocenters. The van der Waals surface area contributed by atoms with Crippen LogP contribution in [0.5, 0.6) is 0 Å². The van der Waals surface area contributed by atoms with E-state index in [1.807, 2.05) is 4.90 Å². The second-order valence-corrected chi connectivity index (χ2v) is 4.42. The van der Waals surface area contributed by atoms with Crippen LogP contribution in [0.2, 0.25) is 0 Å². The highest BCUT2D eigenvalue weighted by Crippen LogP contribution is 2.26. The summed E-state index contributed by atoms with van der Waals surface area (Å²) in [5.41, 5.74) is 0. The Morgan fingerprint density at radius 3 is 2.50 bits per heavy atom. The molecule has 0 unspecified atom stereocenters. The summed E-state index contributed by atoms with van der Waals surface area (Å²) in [5.74, 6) is 0.293. The van der Waals surface area contributed by atoms with Crippen molar-refractivity contribution in [2.45, 2.75) is 51.1 Å². The molecule has 0 bridgehead atoms. The molecule has 2 aliphatic rings. The molecular weight excluding hydrogens is 176 g/mol. The van der Waals surface area contributed by atoms with Crippen molar-refractivity contribution in [1.82, 2.24) is 10.2 Å². The largest absolute Gasteiger partial charge is 0.339 e. The van der Waals surface area contributed by atoms with E-state index < -0.39 is 0 Å². The Morgan fingerprint density at radius 2 is 2.07 bits per heavy atom. The maximum absolute atomic E-state index is 11.8. The summed E-state index contributed by atoms with van der Waals surface area (Å²) >= 11 is 0. The van der Waals surface area contributed by atoms with E-state index in [-0.39, 0.29) is 0 Å². The molecule has 0 saturated heterocycles. The van der Waals surface area contributed by atoms with Crippen LogP contribution >= 0.6 is 0 Å². The Kier molecular flexibility index (Phi) is 3.06. The quantitative estimate of drug-likeness (QED) is 0.715. The van der Waals surface area contributed by atoms with E-state index in [0.717, 1.165) is 6.54 Å². The molecule has 3 nitrogen and oxygen atoms in total. The standard InChI is InChI=1S/C11H20N2O/c1-2-13(10-6-7-10)11(14)8-12-9-4-3-5-9/h9-10,12H,2-8H2,1H3. The van der Waals surface area contributed by atoms with Crippen LogP contribution in [0, 0.1) is 0 Å². The molecular formula is C11H20N2O. The minimum atomic E-state index is 0.293. The first-order valence-electron chi connectivity index (χ1n) is 5.84. The molecule has 2 aliphatic carbocycles. The summed E-state index contributed by atoms with van der Waals surface area (Å²) in [6, 6.07) is 1.19. The van der Waals surface area contributed by atoms with Gasteiger partial charge in [0.2, 0.25) is 5.91 Å². The summed E-state index contributed by atoms with van der Waals surface area (Å²) < 4.78 is 0. The first-order valence-corrected chi connectivity index (χ1v) is 5.84. The summed E-state index contributed by atoms with van der Waals surface area (Å²) in [5, 5.41) is 3.33. The van der Waals surface area contributed by atoms with Crippen molar-refractivity contribution in [3.63, 3.8) is 0 Å². The van der Waals surface area contributed by atoms with Crippen LogP contribution < -0.4 is 5.32 Å². The third-order valence-electron chi connectivity index (χ3n) is 3.30. The Hall–Kier alpha value is -0.570. The van der Waals surface area contributed by atoms with Gasteiger partial charge in [0, 0.05) is 18.6 Å². The van der Waals surface area contributed by atoms with Gasteiger partial charge in [0.1, 0.15) is 0 Å². The van der Waals surface area contributed by atoms with Gasteiger partial charge >= 0.3 is 0 Å². The number of nitrogens with zero attached hydrogens (tertiary/aromatic N) is 1. The molecule has 2 fully saturated rings. The summed E-state index contributed by atoms with van der Waals surface area (Å²) in [4.78, 5) is 13.8. The number of carbonyl (C=O) groups is 1. The van der Waals surface area contributed by atoms with Gasteiger partial charge in [0.15, 0.2) is 0 Å². The van der Waals surface area contributed by atoms with Crippen molar-refractivity contribution in [2.75, 3.05) is 13.1 Å². The first kappa shape index (κ1) is 9.97. The number of rotatable bonds is 5. The third kappa shape index (κ3) is 2.27. The van der Waals surface area contributed by atoms with Gasteiger partial charge in [0.05, 0.1) is 6.54 Å². The van der Waals surface area contributed by atoms with Crippen molar-refractivity contribution >= 4 is 5.91 Å². The van der Waals surface area contributed by atoms with E-state index >= 15 is 0 Å². The predicted molar refractivity (Wildman–Crippen MR) is 56.1 cm³/mol. The van der Waals surface area contributed by atoms with Crippen molar-refractivity contribution in [2.24, 2.45) is 0 Å². The minimum Gasteiger partial charge on any atom is -0.339 e.